The number of carbonyl (C=O) groups is 1. The van der Waals surface area contributed by atoms with Crippen LogP contribution >= 0.6 is 11.3 Å². The minimum atomic E-state index is -0.0783. The maximum atomic E-state index is 12.4. The van der Waals surface area contributed by atoms with Crippen LogP contribution in [0, 0.1) is 6.92 Å². The number of fused-ring (bicyclic) bond motifs is 2. The number of aromatic nitrogens is 2. The predicted molar refractivity (Wildman–Crippen MR) is 91.9 cm³/mol. The van der Waals surface area contributed by atoms with E-state index in [0.717, 1.165) is 33.0 Å². The van der Waals surface area contributed by atoms with Crippen LogP contribution in [-0.2, 0) is 13.6 Å². The minimum absolute atomic E-state index is 0.0783. The molecule has 24 heavy (non-hydrogen) atoms. The average molecular weight is 343 g/mol. The van der Waals surface area contributed by atoms with Crippen LogP contribution in [0.3, 0.4) is 0 Å². The van der Waals surface area contributed by atoms with E-state index in [0.29, 0.717) is 24.6 Å². The van der Waals surface area contributed by atoms with E-state index in [4.69, 9.17) is 9.47 Å². The smallest absolute Gasteiger partial charge is 0.261 e. The average Bonchev–Trinajstić information content (AvgIpc) is 3.14. The van der Waals surface area contributed by atoms with Crippen molar-refractivity contribution in [2.24, 2.45) is 7.05 Å². The molecule has 7 heteroatoms. The van der Waals surface area contributed by atoms with Crippen LogP contribution in [-0.4, -0.2) is 28.9 Å². The van der Waals surface area contributed by atoms with E-state index in [1.165, 1.54) is 11.3 Å². The molecule has 3 aromatic rings. The number of amides is 1. The van der Waals surface area contributed by atoms with Gasteiger partial charge in [0.25, 0.3) is 5.91 Å². The normalized spacial score (nSPS) is 13.2. The van der Waals surface area contributed by atoms with Crippen molar-refractivity contribution >= 4 is 27.5 Å². The first kappa shape index (κ1) is 15.0. The second-order valence-electron chi connectivity index (χ2n) is 5.70. The van der Waals surface area contributed by atoms with Crippen molar-refractivity contribution in [3.63, 3.8) is 0 Å². The molecule has 4 rings (SSSR count). The van der Waals surface area contributed by atoms with Crippen molar-refractivity contribution < 1.29 is 14.3 Å². The van der Waals surface area contributed by atoms with E-state index in [9.17, 15) is 4.79 Å². The SMILES string of the molecule is Cc1nn(C)c2sc(C(=O)NCc3ccc4c(c3)OCCO4)cc12. The number of thiophene rings is 1. The molecule has 1 amide bonds. The Balaban J connectivity index is 1.48. The quantitative estimate of drug-likeness (QED) is 0.794. The molecule has 0 saturated carbocycles. The summed E-state index contributed by atoms with van der Waals surface area (Å²) in [7, 11) is 1.89. The van der Waals surface area contributed by atoms with Gasteiger partial charge in [0.1, 0.15) is 18.0 Å². The first-order chi connectivity index (χ1) is 11.6. The van der Waals surface area contributed by atoms with Crippen LogP contribution in [0.25, 0.3) is 10.2 Å². The molecule has 0 bridgehead atoms. The fourth-order valence-electron chi connectivity index (χ4n) is 2.78. The van der Waals surface area contributed by atoms with Gasteiger partial charge in [-0.2, -0.15) is 5.10 Å². The Hall–Kier alpha value is -2.54. The molecule has 0 atom stereocenters. The molecule has 0 spiro atoms. The van der Waals surface area contributed by atoms with Crippen molar-refractivity contribution in [2.75, 3.05) is 13.2 Å². The second kappa shape index (κ2) is 5.83. The number of nitrogens with zero attached hydrogens (tertiary/aromatic N) is 2. The molecule has 1 aromatic carbocycles. The molecule has 124 valence electrons. The minimum Gasteiger partial charge on any atom is -0.486 e. The maximum Gasteiger partial charge on any atom is 0.261 e. The van der Waals surface area contributed by atoms with Crippen LogP contribution < -0.4 is 14.8 Å². The number of nitrogens with one attached hydrogen (secondary N) is 1. The van der Waals surface area contributed by atoms with Crippen LogP contribution in [0.1, 0.15) is 20.9 Å². The first-order valence-electron chi connectivity index (χ1n) is 7.71. The molecule has 1 N–H and O–H groups in total. The third-order valence-corrected chi connectivity index (χ3v) is 5.18. The van der Waals surface area contributed by atoms with E-state index in [1.54, 1.807) is 0 Å². The summed E-state index contributed by atoms with van der Waals surface area (Å²) in [6, 6.07) is 7.63. The highest BCUT2D eigenvalue weighted by atomic mass is 32.1. The molecule has 0 fully saturated rings. The van der Waals surface area contributed by atoms with Crippen molar-refractivity contribution in [3.8, 4) is 11.5 Å². The lowest BCUT2D eigenvalue weighted by atomic mass is 10.2. The van der Waals surface area contributed by atoms with Gasteiger partial charge < -0.3 is 14.8 Å². The highest BCUT2D eigenvalue weighted by Crippen LogP contribution is 2.31. The predicted octanol–water partition coefficient (Wildman–Crippen LogP) is 2.64. The summed E-state index contributed by atoms with van der Waals surface area (Å²) in [5.41, 5.74) is 1.92. The van der Waals surface area contributed by atoms with E-state index in [1.807, 2.05) is 42.9 Å². The highest BCUT2D eigenvalue weighted by Gasteiger charge is 2.16. The van der Waals surface area contributed by atoms with Gasteiger partial charge in [-0.05, 0) is 30.7 Å². The fourth-order valence-corrected chi connectivity index (χ4v) is 3.82. The monoisotopic (exact) mass is 343 g/mol. The van der Waals surface area contributed by atoms with Gasteiger partial charge in [-0.1, -0.05) is 6.07 Å². The van der Waals surface area contributed by atoms with Crippen LogP contribution in [0.15, 0.2) is 24.3 Å². The summed E-state index contributed by atoms with van der Waals surface area (Å²) in [5.74, 6) is 1.41. The van der Waals surface area contributed by atoms with Gasteiger partial charge in [-0.3, -0.25) is 9.48 Å². The molecule has 2 aromatic heterocycles. The van der Waals surface area contributed by atoms with Crippen molar-refractivity contribution in [1.82, 2.24) is 15.1 Å². The molecule has 1 aliphatic heterocycles. The zero-order valence-corrected chi connectivity index (χ0v) is 14.3. The number of carbonyl (C=O) groups excluding carboxylic acids is 1. The summed E-state index contributed by atoms with van der Waals surface area (Å²) in [6.07, 6.45) is 0. The van der Waals surface area contributed by atoms with Gasteiger partial charge in [0.2, 0.25) is 0 Å². The van der Waals surface area contributed by atoms with Crippen molar-refractivity contribution in [1.29, 1.82) is 0 Å². The van der Waals surface area contributed by atoms with Crippen LogP contribution in [0.5, 0.6) is 11.5 Å². The summed E-state index contributed by atoms with van der Waals surface area (Å²) < 4.78 is 12.9. The summed E-state index contributed by atoms with van der Waals surface area (Å²) in [6.45, 7) is 3.52. The molecular weight excluding hydrogens is 326 g/mol. The molecule has 0 aliphatic carbocycles. The number of hydrogen-bond acceptors (Lipinski definition) is 5. The fraction of sp³-hybridized carbons (Fsp3) is 0.294. The summed E-state index contributed by atoms with van der Waals surface area (Å²) in [4.78, 5) is 14.1. The van der Waals surface area contributed by atoms with Crippen LogP contribution in [0.4, 0.5) is 0 Å². The van der Waals surface area contributed by atoms with Gasteiger partial charge in [0, 0.05) is 19.0 Å². The molecule has 3 heterocycles. The van der Waals surface area contributed by atoms with Gasteiger partial charge in [-0.25, -0.2) is 0 Å². The molecule has 6 nitrogen and oxygen atoms in total. The van der Waals surface area contributed by atoms with Gasteiger partial charge in [-0.15, -0.1) is 11.3 Å². The zero-order chi connectivity index (χ0) is 16.7. The lowest BCUT2D eigenvalue weighted by molar-refractivity contribution is 0.0955. The Morgan fingerprint density at radius 1 is 1.29 bits per heavy atom. The number of hydrogen-bond donors (Lipinski definition) is 1. The van der Waals surface area contributed by atoms with Crippen molar-refractivity contribution in [3.05, 3.63) is 40.4 Å². The van der Waals surface area contributed by atoms with Crippen LogP contribution in [0.2, 0.25) is 0 Å². The van der Waals surface area contributed by atoms with Gasteiger partial charge >= 0.3 is 0 Å². The molecule has 1 aliphatic rings. The van der Waals surface area contributed by atoms with Gasteiger partial charge in [0.15, 0.2) is 11.5 Å². The zero-order valence-electron chi connectivity index (χ0n) is 13.5. The molecule has 0 unspecified atom stereocenters. The standard InChI is InChI=1S/C17H17N3O3S/c1-10-12-8-15(24-17(12)20(2)19-10)16(21)18-9-11-3-4-13-14(7-11)23-6-5-22-13/h3-4,7-8H,5-6,9H2,1-2H3,(H,18,21). The lowest BCUT2D eigenvalue weighted by Crippen LogP contribution is -2.22. The Morgan fingerprint density at radius 3 is 2.88 bits per heavy atom. The van der Waals surface area contributed by atoms with E-state index in [-0.39, 0.29) is 5.91 Å². The Bertz CT molecular complexity index is 894. The molecule has 0 saturated heterocycles. The van der Waals surface area contributed by atoms with E-state index >= 15 is 0 Å². The first-order valence-corrected chi connectivity index (χ1v) is 8.53. The number of aryl methyl sites for hydroxylation is 2. The topological polar surface area (TPSA) is 65.4 Å². The van der Waals surface area contributed by atoms with Gasteiger partial charge in [0.05, 0.1) is 10.6 Å². The summed E-state index contributed by atoms with van der Waals surface area (Å²) in [5, 5.41) is 8.35. The summed E-state index contributed by atoms with van der Waals surface area (Å²) >= 11 is 1.45. The molecular formula is C17H17N3O3S. The number of benzene rings is 1. The largest absolute Gasteiger partial charge is 0.486 e. The second-order valence-corrected chi connectivity index (χ2v) is 6.73. The van der Waals surface area contributed by atoms with E-state index in [2.05, 4.69) is 10.4 Å². The highest BCUT2D eigenvalue weighted by molar-refractivity contribution is 7.20. The Kier molecular flexibility index (Phi) is 3.65. The maximum absolute atomic E-state index is 12.4. The third-order valence-electron chi connectivity index (χ3n) is 3.98. The van der Waals surface area contributed by atoms with E-state index < -0.39 is 0 Å². The van der Waals surface area contributed by atoms with Crippen molar-refractivity contribution in [2.45, 2.75) is 13.5 Å². The number of rotatable bonds is 3. The lowest BCUT2D eigenvalue weighted by Gasteiger charge is -2.18. The Labute approximate surface area is 143 Å². The molecule has 0 radical (unpaired) electrons. The Morgan fingerprint density at radius 2 is 2.08 bits per heavy atom. The third kappa shape index (κ3) is 2.60. The number of ether oxygens (including phenoxy) is 2.